The molecule has 0 spiro atoms. The summed E-state index contributed by atoms with van der Waals surface area (Å²) in [4.78, 5) is 12.6. The van der Waals surface area contributed by atoms with E-state index in [1.165, 1.54) is 0 Å². The fraction of sp³-hybridized carbons (Fsp3) is 0.278. The summed E-state index contributed by atoms with van der Waals surface area (Å²) in [7, 11) is -3.80. The second-order valence-electron chi connectivity index (χ2n) is 5.85. The minimum absolute atomic E-state index is 0.159. The molecule has 8 heteroatoms. The van der Waals surface area contributed by atoms with Gasteiger partial charge in [-0.1, -0.05) is 48.3 Å². The molecule has 0 saturated heterocycles. The molecule has 0 fully saturated rings. The van der Waals surface area contributed by atoms with E-state index in [2.05, 4.69) is 5.32 Å². The number of carbonyl (C=O) groups excluding carboxylic acids is 1. The summed E-state index contributed by atoms with van der Waals surface area (Å²) in [6.45, 7) is 5.07. The van der Waals surface area contributed by atoms with Crippen LogP contribution >= 0.6 is 23.2 Å². The van der Waals surface area contributed by atoms with Crippen molar-refractivity contribution in [3.05, 3.63) is 57.6 Å². The molecule has 0 aliphatic rings. The second-order valence-corrected chi connectivity index (χ2v) is 8.54. The van der Waals surface area contributed by atoms with E-state index < -0.39 is 15.9 Å². The van der Waals surface area contributed by atoms with Gasteiger partial charge in [-0.15, -0.1) is 0 Å². The maximum atomic E-state index is 12.9. The predicted molar refractivity (Wildman–Crippen MR) is 105 cm³/mol. The first-order valence-corrected chi connectivity index (χ1v) is 10.2. The zero-order valence-electron chi connectivity index (χ0n) is 14.7. The van der Waals surface area contributed by atoms with E-state index in [1.807, 2.05) is 13.0 Å². The number of carbonyl (C=O) groups is 1. The first kappa shape index (κ1) is 20.7. The quantitative estimate of drug-likeness (QED) is 0.767. The van der Waals surface area contributed by atoms with E-state index in [1.54, 1.807) is 44.2 Å². The summed E-state index contributed by atoms with van der Waals surface area (Å²) in [5.41, 5.74) is 1.80. The van der Waals surface area contributed by atoms with Gasteiger partial charge in [0.2, 0.25) is 15.9 Å². The SMILES string of the molecule is CCN(CC(=O)Nc1cccc(Cl)c1Cl)S(=O)(=O)c1cc(C)ccc1C. The molecule has 0 unspecified atom stereocenters. The van der Waals surface area contributed by atoms with Crippen molar-refractivity contribution in [2.24, 2.45) is 0 Å². The first-order chi connectivity index (χ1) is 12.2. The molecular weight excluding hydrogens is 395 g/mol. The summed E-state index contributed by atoms with van der Waals surface area (Å²) >= 11 is 12.0. The van der Waals surface area contributed by atoms with E-state index in [0.29, 0.717) is 16.3 Å². The first-order valence-electron chi connectivity index (χ1n) is 7.98. The standard InChI is InChI=1S/C18H20Cl2N2O3S/c1-4-22(26(24,25)16-10-12(2)8-9-13(16)3)11-17(23)21-15-7-5-6-14(19)18(15)20/h5-10H,4,11H2,1-3H3,(H,21,23). The molecule has 0 heterocycles. The van der Waals surface area contributed by atoms with Gasteiger partial charge in [0, 0.05) is 6.54 Å². The lowest BCUT2D eigenvalue weighted by molar-refractivity contribution is -0.116. The number of sulfonamides is 1. The number of aryl methyl sites for hydroxylation is 2. The lowest BCUT2D eigenvalue weighted by atomic mass is 10.2. The number of nitrogens with one attached hydrogen (secondary N) is 1. The Morgan fingerprint density at radius 1 is 1.15 bits per heavy atom. The van der Waals surface area contributed by atoms with Gasteiger partial charge in [-0.3, -0.25) is 4.79 Å². The summed E-state index contributed by atoms with van der Waals surface area (Å²) in [5, 5.41) is 3.12. The van der Waals surface area contributed by atoms with Gasteiger partial charge in [-0.25, -0.2) is 8.42 Å². The second kappa shape index (κ2) is 8.39. The van der Waals surface area contributed by atoms with Gasteiger partial charge < -0.3 is 5.32 Å². The Morgan fingerprint density at radius 2 is 1.85 bits per heavy atom. The number of hydrogen-bond acceptors (Lipinski definition) is 3. The molecule has 0 aliphatic heterocycles. The van der Waals surface area contributed by atoms with E-state index in [9.17, 15) is 13.2 Å². The van der Waals surface area contributed by atoms with Crippen molar-refractivity contribution >= 4 is 44.8 Å². The predicted octanol–water partition coefficient (Wildman–Crippen LogP) is 4.26. The van der Waals surface area contributed by atoms with Crippen LogP contribution in [0.15, 0.2) is 41.3 Å². The lowest BCUT2D eigenvalue weighted by Crippen LogP contribution is -2.38. The third-order valence-corrected chi connectivity index (χ3v) is 6.74. The third-order valence-electron chi connectivity index (χ3n) is 3.86. The van der Waals surface area contributed by atoms with Gasteiger partial charge >= 0.3 is 0 Å². The number of anilines is 1. The van der Waals surface area contributed by atoms with Crippen molar-refractivity contribution in [1.82, 2.24) is 4.31 Å². The maximum Gasteiger partial charge on any atom is 0.243 e. The van der Waals surface area contributed by atoms with Crippen LogP contribution in [0.2, 0.25) is 10.0 Å². The van der Waals surface area contributed by atoms with E-state index in [-0.39, 0.29) is 23.0 Å². The maximum absolute atomic E-state index is 12.9. The molecular formula is C18H20Cl2N2O3S. The van der Waals surface area contributed by atoms with Crippen LogP contribution in [-0.2, 0) is 14.8 Å². The molecule has 0 radical (unpaired) electrons. The van der Waals surface area contributed by atoms with Crippen LogP contribution in [0.4, 0.5) is 5.69 Å². The molecule has 1 N–H and O–H groups in total. The third kappa shape index (κ3) is 4.57. The fourth-order valence-corrected chi connectivity index (χ4v) is 4.50. The Kier molecular flexibility index (Phi) is 6.69. The Balaban J connectivity index is 2.24. The Labute approximate surface area is 164 Å². The Morgan fingerprint density at radius 3 is 2.50 bits per heavy atom. The van der Waals surface area contributed by atoms with Gasteiger partial charge in [0.25, 0.3) is 0 Å². The van der Waals surface area contributed by atoms with Crippen molar-refractivity contribution in [3.63, 3.8) is 0 Å². The van der Waals surface area contributed by atoms with Crippen LogP contribution in [0.25, 0.3) is 0 Å². The lowest BCUT2D eigenvalue weighted by Gasteiger charge is -2.21. The zero-order valence-corrected chi connectivity index (χ0v) is 17.0. The van der Waals surface area contributed by atoms with Crippen LogP contribution < -0.4 is 5.32 Å². The van der Waals surface area contributed by atoms with Gasteiger partial charge in [-0.2, -0.15) is 4.31 Å². The van der Waals surface area contributed by atoms with Crippen LogP contribution in [0.3, 0.4) is 0 Å². The molecule has 0 saturated carbocycles. The molecule has 0 bridgehead atoms. The molecule has 140 valence electrons. The smallest absolute Gasteiger partial charge is 0.243 e. The van der Waals surface area contributed by atoms with Gasteiger partial charge in [0.05, 0.1) is 27.2 Å². The van der Waals surface area contributed by atoms with Gasteiger partial charge in [0.15, 0.2) is 0 Å². The highest BCUT2D eigenvalue weighted by molar-refractivity contribution is 7.89. The van der Waals surface area contributed by atoms with E-state index in [0.717, 1.165) is 9.87 Å². The van der Waals surface area contributed by atoms with Crippen molar-refractivity contribution in [3.8, 4) is 0 Å². The topological polar surface area (TPSA) is 66.5 Å². The summed E-state index contributed by atoms with van der Waals surface area (Å²) in [5.74, 6) is -0.495. The number of likely N-dealkylation sites (N-methyl/N-ethyl adjacent to an activating group) is 1. The number of amides is 1. The number of halogens is 2. The highest BCUT2D eigenvalue weighted by Crippen LogP contribution is 2.29. The molecule has 2 aromatic rings. The molecule has 2 aromatic carbocycles. The number of rotatable bonds is 6. The van der Waals surface area contributed by atoms with Crippen molar-refractivity contribution in [1.29, 1.82) is 0 Å². The van der Waals surface area contributed by atoms with Crippen LogP contribution in [0.1, 0.15) is 18.1 Å². The Hall–Kier alpha value is -1.60. The summed E-state index contributed by atoms with van der Waals surface area (Å²) < 4.78 is 27.0. The van der Waals surface area contributed by atoms with Crippen molar-refractivity contribution in [2.75, 3.05) is 18.4 Å². The molecule has 2 rings (SSSR count). The largest absolute Gasteiger partial charge is 0.324 e. The Bertz CT molecular complexity index is 930. The highest BCUT2D eigenvalue weighted by Gasteiger charge is 2.27. The summed E-state index contributed by atoms with van der Waals surface area (Å²) in [6.07, 6.45) is 0. The van der Waals surface area contributed by atoms with Gasteiger partial charge in [-0.05, 0) is 43.2 Å². The molecule has 5 nitrogen and oxygen atoms in total. The minimum Gasteiger partial charge on any atom is -0.324 e. The fourth-order valence-electron chi connectivity index (χ4n) is 2.44. The average Bonchev–Trinajstić information content (AvgIpc) is 2.58. The summed E-state index contributed by atoms with van der Waals surface area (Å²) in [6, 6.07) is 10.1. The highest BCUT2D eigenvalue weighted by atomic mass is 35.5. The van der Waals surface area contributed by atoms with E-state index >= 15 is 0 Å². The molecule has 26 heavy (non-hydrogen) atoms. The number of hydrogen-bond donors (Lipinski definition) is 1. The number of benzene rings is 2. The molecule has 0 aromatic heterocycles. The van der Waals surface area contributed by atoms with Crippen LogP contribution in [0, 0.1) is 13.8 Å². The van der Waals surface area contributed by atoms with Crippen LogP contribution in [-0.4, -0.2) is 31.7 Å². The normalized spacial score (nSPS) is 11.6. The molecule has 0 atom stereocenters. The average molecular weight is 415 g/mol. The number of nitrogens with zero attached hydrogens (tertiary/aromatic N) is 1. The van der Waals surface area contributed by atoms with Crippen molar-refractivity contribution < 1.29 is 13.2 Å². The monoisotopic (exact) mass is 414 g/mol. The van der Waals surface area contributed by atoms with E-state index in [4.69, 9.17) is 23.2 Å². The van der Waals surface area contributed by atoms with Gasteiger partial charge in [0.1, 0.15) is 0 Å². The van der Waals surface area contributed by atoms with Crippen molar-refractivity contribution in [2.45, 2.75) is 25.7 Å². The molecule has 1 amide bonds. The van der Waals surface area contributed by atoms with Crippen LogP contribution in [0.5, 0.6) is 0 Å². The molecule has 0 aliphatic carbocycles. The zero-order chi connectivity index (χ0) is 19.5. The minimum atomic E-state index is -3.80.